The molecule has 3 heteroatoms. The highest BCUT2D eigenvalue weighted by molar-refractivity contribution is 6.10. The predicted molar refractivity (Wildman–Crippen MR) is 239 cm³/mol. The van der Waals surface area contributed by atoms with E-state index in [1.807, 2.05) is 12.1 Å². The lowest BCUT2D eigenvalue weighted by atomic mass is 9.98. The Morgan fingerprint density at radius 1 is 0.316 bits per heavy atom. The lowest BCUT2D eigenvalue weighted by molar-refractivity contribution is 0.670. The normalized spacial score (nSPS) is 11.5. The minimum Gasteiger partial charge on any atom is -0.455 e. The van der Waals surface area contributed by atoms with Crippen LogP contribution in [0.25, 0.3) is 82.8 Å². The van der Waals surface area contributed by atoms with Gasteiger partial charge in [-0.3, -0.25) is 0 Å². The lowest BCUT2D eigenvalue weighted by Gasteiger charge is -2.26. The summed E-state index contributed by atoms with van der Waals surface area (Å²) in [6.45, 7) is 0. The Kier molecular flexibility index (Phi) is 7.82. The molecule has 0 atom stereocenters. The second-order valence-electron chi connectivity index (χ2n) is 14.5. The summed E-state index contributed by atoms with van der Waals surface area (Å²) in [5, 5.41) is 4.81. The van der Waals surface area contributed by atoms with E-state index >= 15 is 0 Å². The van der Waals surface area contributed by atoms with Gasteiger partial charge in [-0.05, 0) is 82.9 Å². The molecule has 2 aromatic heterocycles. The van der Waals surface area contributed by atoms with Gasteiger partial charge in [0.2, 0.25) is 0 Å². The van der Waals surface area contributed by atoms with Crippen LogP contribution in [0.5, 0.6) is 0 Å². The highest BCUT2D eigenvalue weighted by Gasteiger charge is 2.17. The zero-order chi connectivity index (χ0) is 37.7. The van der Waals surface area contributed by atoms with Gasteiger partial charge in [-0.2, -0.15) is 0 Å². The third-order valence-electron chi connectivity index (χ3n) is 11.2. The van der Waals surface area contributed by atoms with E-state index in [1.54, 1.807) is 0 Å². The van der Waals surface area contributed by atoms with Crippen LogP contribution in [-0.2, 0) is 0 Å². The molecule has 0 unspecified atom stereocenters. The first-order chi connectivity index (χ1) is 28.3. The minimum absolute atomic E-state index is 0.909. The van der Waals surface area contributed by atoms with Crippen molar-refractivity contribution in [3.63, 3.8) is 0 Å². The van der Waals surface area contributed by atoms with Crippen molar-refractivity contribution in [2.45, 2.75) is 0 Å². The van der Waals surface area contributed by atoms with E-state index in [0.717, 1.165) is 50.1 Å². The van der Waals surface area contributed by atoms with Gasteiger partial charge in [0, 0.05) is 49.7 Å². The molecule has 0 N–H and O–H groups in total. The van der Waals surface area contributed by atoms with Crippen molar-refractivity contribution in [1.29, 1.82) is 0 Å². The van der Waals surface area contributed by atoms with Crippen molar-refractivity contribution in [1.82, 2.24) is 4.57 Å². The van der Waals surface area contributed by atoms with Gasteiger partial charge in [0.15, 0.2) is 0 Å². The Morgan fingerprint density at radius 2 is 0.772 bits per heavy atom. The molecular formula is C54H36N2O. The quantitative estimate of drug-likeness (QED) is 0.163. The largest absolute Gasteiger partial charge is 0.455 e. The fourth-order valence-electron chi connectivity index (χ4n) is 8.53. The average Bonchev–Trinajstić information content (AvgIpc) is 3.84. The van der Waals surface area contributed by atoms with E-state index in [4.69, 9.17) is 4.42 Å². The van der Waals surface area contributed by atoms with E-state index in [0.29, 0.717) is 0 Å². The number of fused-ring (bicyclic) bond motifs is 6. The van der Waals surface area contributed by atoms with Gasteiger partial charge in [-0.15, -0.1) is 0 Å². The number of hydrogen-bond acceptors (Lipinski definition) is 2. The summed E-state index contributed by atoms with van der Waals surface area (Å²) in [4.78, 5) is 2.31. The van der Waals surface area contributed by atoms with Gasteiger partial charge >= 0.3 is 0 Å². The molecule has 0 saturated carbocycles. The number of aromatic nitrogens is 1. The van der Waals surface area contributed by atoms with Crippen LogP contribution in [0, 0.1) is 0 Å². The molecule has 0 aliphatic heterocycles. The van der Waals surface area contributed by atoms with Crippen LogP contribution in [0.2, 0.25) is 0 Å². The van der Waals surface area contributed by atoms with E-state index < -0.39 is 0 Å². The molecule has 0 fully saturated rings. The fraction of sp³-hybridized carbons (Fsp3) is 0. The van der Waals surface area contributed by atoms with Crippen molar-refractivity contribution >= 4 is 60.8 Å². The topological polar surface area (TPSA) is 21.3 Å². The SMILES string of the molecule is c1ccc(N(c2ccc(-c3ccc(-c4ccccc4-n4c5ccccc5c5ccccc54)cc3)cc2)c2ccc(-c3cccc4c3oc3ccccc34)cc2)cc1. The molecule has 0 radical (unpaired) electrons. The minimum atomic E-state index is 0.909. The summed E-state index contributed by atoms with van der Waals surface area (Å²) in [6, 6.07) is 78.0. The predicted octanol–water partition coefficient (Wildman–Crippen LogP) is 15.2. The van der Waals surface area contributed by atoms with E-state index in [1.165, 1.54) is 49.7 Å². The van der Waals surface area contributed by atoms with Crippen LogP contribution in [0.15, 0.2) is 223 Å². The van der Waals surface area contributed by atoms with Gasteiger partial charge in [-0.25, -0.2) is 0 Å². The van der Waals surface area contributed by atoms with Gasteiger partial charge in [0.1, 0.15) is 11.2 Å². The third kappa shape index (κ3) is 5.60. The third-order valence-corrected chi connectivity index (χ3v) is 11.2. The van der Waals surface area contributed by atoms with Gasteiger partial charge in [0.25, 0.3) is 0 Å². The second kappa shape index (κ2) is 13.6. The number of benzene rings is 9. The summed E-state index contributed by atoms with van der Waals surface area (Å²) < 4.78 is 8.77. The van der Waals surface area contributed by atoms with Crippen molar-refractivity contribution in [2.24, 2.45) is 0 Å². The van der Waals surface area contributed by atoms with Crippen LogP contribution in [0.3, 0.4) is 0 Å². The number of para-hydroxylation sites is 6. The smallest absolute Gasteiger partial charge is 0.143 e. The van der Waals surface area contributed by atoms with Crippen LogP contribution >= 0.6 is 0 Å². The first-order valence-electron chi connectivity index (χ1n) is 19.4. The molecule has 11 aromatic rings. The Morgan fingerprint density at radius 3 is 1.46 bits per heavy atom. The molecule has 0 aliphatic carbocycles. The van der Waals surface area contributed by atoms with Crippen molar-refractivity contribution in [2.75, 3.05) is 4.90 Å². The number of anilines is 3. The van der Waals surface area contributed by atoms with Crippen molar-refractivity contribution in [3.8, 4) is 39.1 Å². The monoisotopic (exact) mass is 728 g/mol. The highest BCUT2D eigenvalue weighted by atomic mass is 16.3. The Labute approximate surface area is 330 Å². The zero-order valence-corrected chi connectivity index (χ0v) is 31.1. The summed E-state index contributed by atoms with van der Waals surface area (Å²) in [5.74, 6) is 0. The Hall–Kier alpha value is -7.62. The van der Waals surface area contributed by atoms with Crippen LogP contribution < -0.4 is 4.90 Å². The number of rotatable bonds is 7. The van der Waals surface area contributed by atoms with Crippen LogP contribution in [0.4, 0.5) is 17.1 Å². The number of nitrogens with zero attached hydrogens (tertiary/aromatic N) is 2. The molecule has 9 aromatic carbocycles. The molecule has 57 heavy (non-hydrogen) atoms. The number of furan rings is 1. The molecule has 3 nitrogen and oxygen atoms in total. The highest BCUT2D eigenvalue weighted by Crippen LogP contribution is 2.40. The first-order valence-corrected chi connectivity index (χ1v) is 19.4. The summed E-state index contributed by atoms with van der Waals surface area (Å²) >= 11 is 0. The molecular weight excluding hydrogens is 693 g/mol. The van der Waals surface area contributed by atoms with Gasteiger partial charge in [-0.1, -0.05) is 158 Å². The maximum atomic E-state index is 6.37. The maximum absolute atomic E-state index is 6.37. The number of hydrogen-bond donors (Lipinski definition) is 0. The van der Waals surface area contributed by atoms with E-state index in [2.05, 4.69) is 216 Å². The van der Waals surface area contributed by atoms with Crippen molar-refractivity contribution < 1.29 is 4.42 Å². The molecule has 0 aliphatic rings. The standard InChI is InChI=1S/C54H36N2O/c1-2-13-41(14-3-1)55(43-35-31-40(32-36-43)45-19-12-20-49-48-18-7-11-24-53(48)57-54(45)49)42-33-29-38(30-34-42)37-25-27-39(28-26-37)44-15-4-8-21-50(44)56-51-22-9-5-16-46(51)47-17-6-10-23-52(47)56/h1-36H. The fourth-order valence-corrected chi connectivity index (χ4v) is 8.53. The second-order valence-corrected chi connectivity index (χ2v) is 14.5. The molecule has 0 saturated heterocycles. The Balaban J connectivity index is 0.912. The lowest BCUT2D eigenvalue weighted by Crippen LogP contribution is -2.09. The molecule has 11 rings (SSSR count). The molecule has 0 spiro atoms. The van der Waals surface area contributed by atoms with E-state index in [9.17, 15) is 0 Å². The molecule has 268 valence electrons. The average molecular weight is 729 g/mol. The summed E-state index contributed by atoms with van der Waals surface area (Å²) in [6.07, 6.45) is 0. The maximum Gasteiger partial charge on any atom is 0.143 e. The molecule has 2 heterocycles. The van der Waals surface area contributed by atoms with Gasteiger partial charge in [0.05, 0.1) is 16.7 Å². The summed E-state index contributed by atoms with van der Waals surface area (Å²) in [5.41, 5.74) is 15.6. The first kappa shape index (κ1) is 32.8. The van der Waals surface area contributed by atoms with Gasteiger partial charge < -0.3 is 13.9 Å². The summed E-state index contributed by atoms with van der Waals surface area (Å²) in [7, 11) is 0. The van der Waals surface area contributed by atoms with Crippen LogP contribution in [-0.4, -0.2) is 4.57 Å². The Bertz CT molecular complexity index is 3160. The zero-order valence-electron chi connectivity index (χ0n) is 31.1. The molecule has 0 amide bonds. The van der Waals surface area contributed by atoms with Crippen molar-refractivity contribution in [3.05, 3.63) is 218 Å². The molecule has 0 bridgehead atoms. The van der Waals surface area contributed by atoms with Crippen LogP contribution in [0.1, 0.15) is 0 Å². The van der Waals surface area contributed by atoms with E-state index in [-0.39, 0.29) is 0 Å².